The summed E-state index contributed by atoms with van der Waals surface area (Å²) in [5, 5.41) is 17.8. The summed E-state index contributed by atoms with van der Waals surface area (Å²) in [6.45, 7) is 0. The standard InChI is InChI=1S/C12H15N3O2/c1-15-8-10(13-14-15)7-12(16)9-3-5-11(17-2)6-4-9/h3-6,8,12,16H,7H2,1-2H3. The Morgan fingerprint density at radius 3 is 2.59 bits per heavy atom. The van der Waals surface area contributed by atoms with Gasteiger partial charge in [0.1, 0.15) is 5.75 Å². The number of aliphatic hydroxyl groups is 1. The highest BCUT2D eigenvalue weighted by molar-refractivity contribution is 5.28. The molecule has 0 saturated carbocycles. The Labute approximate surface area is 99.7 Å². The van der Waals surface area contributed by atoms with Crippen LogP contribution in [-0.4, -0.2) is 27.2 Å². The number of rotatable bonds is 4. The molecule has 90 valence electrons. The molecule has 0 aliphatic carbocycles. The fraction of sp³-hybridized carbons (Fsp3) is 0.333. The van der Waals surface area contributed by atoms with Crippen molar-refractivity contribution in [2.24, 2.45) is 7.05 Å². The summed E-state index contributed by atoms with van der Waals surface area (Å²) < 4.78 is 6.68. The lowest BCUT2D eigenvalue weighted by atomic mass is 10.1. The summed E-state index contributed by atoms with van der Waals surface area (Å²) in [7, 11) is 3.42. The molecule has 1 aromatic heterocycles. The molecule has 0 amide bonds. The largest absolute Gasteiger partial charge is 0.497 e. The number of aromatic nitrogens is 3. The third-order valence-corrected chi connectivity index (χ3v) is 2.55. The van der Waals surface area contributed by atoms with E-state index in [-0.39, 0.29) is 0 Å². The SMILES string of the molecule is COc1ccc(C(O)Cc2cn(C)nn2)cc1. The Morgan fingerprint density at radius 1 is 1.35 bits per heavy atom. The van der Waals surface area contributed by atoms with Gasteiger partial charge in [-0.05, 0) is 17.7 Å². The van der Waals surface area contributed by atoms with Crippen LogP contribution in [0.2, 0.25) is 0 Å². The predicted molar refractivity (Wildman–Crippen MR) is 62.7 cm³/mol. The van der Waals surface area contributed by atoms with Gasteiger partial charge in [0.05, 0.1) is 18.9 Å². The van der Waals surface area contributed by atoms with Gasteiger partial charge in [-0.2, -0.15) is 0 Å². The molecule has 1 heterocycles. The van der Waals surface area contributed by atoms with Crippen molar-refractivity contribution in [1.82, 2.24) is 15.0 Å². The van der Waals surface area contributed by atoms with Gasteiger partial charge in [-0.1, -0.05) is 17.3 Å². The van der Waals surface area contributed by atoms with Gasteiger partial charge in [-0.25, -0.2) is 0 Å². The van der Waals surface area contributed by atoms with Gasteiger partial charge in [0.2, 0.25) is 0 Å². The van der Waals surface area contributed by atoms with Crippen molar-refractivity contribution in [3.63, 3.8) is 0 Å². The van der Waals surface area contributed by atoms with Crippen LogP contribution in [0.25, 0.3) is 0 Å². The maximum atomic E-state index is 10.0. The molecule has 0 radical (unpaired) electrons. The minimum absolute atomic E-state index is 0.459. The third-order valence-electron chi connectivity index (χ3n) is 2.55. The molecule has 1 atom stereocenters. The molecule has 1 unspecified atom stereocenters. The topological polar surface area (TPSA) is 60.2 Å². The van der Waals surface area contributed by atoms with E-state index in [4.69, 9.17) is 4.74 Å². The molecule has 17 heavy (non-hydrogen) atoms. The van der Waals surface area contributed by atoms with Crippen molar-refractivity contribution in [3.05, 3.63) is 41.7 Å². The van der Waals surface area contributed by atoms with Gasteiger partial charge in [0.25, 0.3) is 0 Å². The first kappa shape index (κ1) is 11.6. The summed E-state index contributed by atoms with van der Waals surface area (Å²) in [4.78, 5) is 0. The van der Waals surface area contributed by atoms with Crippen LogP contribution in [-0.2, 0) is 13.5 Å². The van der Waals surface area contributed by atoms with Crippen molar-refractivity contribution >= 4 is 0 Å². The number of methoxy groups -OCH3 is 1. The summed E-state index contributed by atoms with van der Waals surface area (Å²) >= 11 is 0. The summed E-state index contributed by atoms with van der Waals surface area (Å²) in [5.74, 6) is 0.778. The summed E-state index contributed by atoms with van der Waals surface area (Å²) in [5.41, 5.74) is 1.62. The van der Waals surface area contributed by atoms with Gasteiger partial charge in [0, 0.05) is 19.7 Å². The molecular formula is C12H15N3O2. The average molecular weight is 233 g/mol. The molecule has 1 N–H and O–H groups in total. The molecule has 0 spiro atoms. The van der Waals surface area contributed by atoms with Crippen LogP contribution in [0.3, 0.4) is 0 Å². The maximum Gasteiger partial charge on any atom is 0.118 e. The van der Waals surface area contributed by atoms with Crippen LogP contribution in [0, 0.1) is 0 Å². The van der Waals surface area contributed by atoms with Crippen LogP contribution in [0.5, 0.6) is 5.75 Å². The van der Waals surface area contributed by atoms with Crippen molar-refractivity contribution in [2.45, 2.75) is 12.5 Å². The number of aliphatic hydroxyl groups excluding tert-OH is 1. The molecule has 5 heteroatoms. The highest BCUT2D eigenvalue weighted by Gasteiger charge is 2.10. The van der Waals surface area contributed by atoms with Gasteiger partial charge in [0.15, 0.2) is 0 Å². The minimum Gasteiger partial charge on any atom is -0.497 e. The number of hydrogen-bond donors (Lipinski definition) is 1. The first-order valence-corrected chi connectivity index (χ1v) is 5.36. The van der Waals surface area contributed by atoms with E-state index >= 15 is 0 Å². The molecule has 0 saturated heterocycles. The molecule has 2 aromatic rings. The summed E-state index contributed by atoms with van der Waals surface area (Å²) in [6.07, 6.45) is 1.69. The van der Waals surface area contributed by atoms with E-state index in [0.717, 1.165) is 17.0 Å². The molecule has 0 aliphatic heterocycles. The Kier molecular flexibility index (Phi) is 3.39. The van der Waals surface area contributed by atoms with Crippen molar-refractivity contribution in [2.75, 3.05) is 7.11 Å². The van der Waals surface area contributed by atoms with Crippen molar-refractivity contribution < 1.29 is 9.84 Å². The number of hydrogen-bond acceptors (Lipinski definition) is 4. The second-order valence-electron chi connectivity index (χ2n) is 3.88. The first-order chi connectivity index (χ1) is 8.19. The zero-order chi connectivity index (χ0) is 12.3. The lowest BCUT2D eigenvalue weighted by Gasteiger charge is -2.09. The molecule has 0 bridgehead atoms. The van der Waals surface area contributed by atoms with E-state index in [2.05, 4.69) is 10.3 Å². The zero-order valence-electron chi connectivity index (χ0n) is 9.87. The lowest BCUT2D eigenvalue weighted by molar-refractivity contribution is 0.177. The van der Waals surface area contributed by atoms with E-state index in [1.54, 1.807) is 25.0 Å². The van der Waals surface area contributed by atoms with E-state index in [1.807, 2.05) is 24.3 Å². The van der Waals surface area contributed by atoms with Crippen LogP contribution in [0.1, 0.15) is 17.4 Å². The quantitative estimate of drug-likeness (QED) is 0.859. The second-order valence-corrected chi connectivity index (χ2v) is 3.88. The number of ether oxygens (including phenoxy) is 1. The lowest BCUT2D eigenvalue weighted by Crippen LogP contribution is -2.02. The molecule has 1 aromatic carbocycles. The fourth-order valence-corrected chi connectivity index (χ4v) is 1.63. The normalized spacial score (nSPS) is 12.4. The first-order valence-electron chi connectivity index (χ1n) is 5.36. The zero-order valence-corrected chi connectivity index (χ0v) is 9.87. The highest BCUT2D eigenvalue weighted by atomic mass is 16.5. The molecule has 2 rings (SSSR count). The third kappa shape index (κ3) is 2.82. The van der Waals surface area contributed by atoms with Crippen LogP contribution in [0.4, 0.5) is 0 Å². The fourth-order valence-electron chi connectivity index (χ4n) is 1.63. The maximum absolute atomic E-state index is 10.0. The van der Waals surface area contributed by atoms with E-state index in [1.165, 1.54) is 0 Å². The number of benzene rings is 1. The van der Waals surface area contributed by atoms with Gasteiger partial charge in [-0.3, -0.25) is 4.68 Å². The Morgan fingerprint density at radius 2 is 2.06 bits per heavy atom. The molecule has 5 nitrogen and oxygen atoms in total. The number of aryl methyl sites for hydroxylation is 1. The smallest absolute Gasteiger partial charge is 0.118 e. The van der Waals surface area contributed by atoms with Crippen molar-refractivity contribution in [1.29, 1.82) is 0 Å². The Hall–Kier alpha value is -1.88. The number of nitrogens with zero attached hydrogens (tertiary/aromatic N) is 3. The van der Waals surface area contributed by atoms with E-state index in [9.17, 15) is 5.11 Å². The highest BCUT2D eigenvalue weighted by Crippen LogP contribution is 2.20. The predicted octanol–water partition coefficient (Wildman–Crippen LogP) is 1.10. The Balaban J connectivity index is 2.06. The van der Waals surface area contributed by atoms with E-state index < -0.39 is 6.10 Å². The minimum atomic E-state index is -0.572. The molecule has 0 aliphatic rings. The van der Waals surface area contributed by atoms with Crippen LogP contribution in [0.15, 0.2) is 30.5 Å². The van der Waals surface area contributed by atoms with Gasteiger partial charge < -0.3 is 9.84 Å². The van der Waals surface area contributed by atoms with Crippen LogP contribution < -0.4 is 4.74 Å². The van der Waals surface area contributed by atoms with E-state index in [0.29, 0.717) is 6.42 Å². The van der Waals surface area contributed by atoms with Gasteiger partial charge >= 0.3 is 0 Å². The average Bonchev–Trinajstić information content (AvgIpc) is 2.75. The van der Waals surface area contributed by atoms with Gasteiger partial charge in [-0.15, -0.1) is 5.10 Å². The summed E-state index contributed by atoms with van der Waals surface area (Å²) in [6, 6.07) is 7.35. The van der Waals surface area contributed by atoms with Crippen molar-refractivity contribution in [3.8, 4) is 5.75 Å². The molecular weight excluding hydrogens is 218 g/mol. The Bertz CT molecular complexity index is 479. The van der Waals surface area contributed by atoms with Crippen LogP contribution >= 0.6 is 0 Å². The second kappa shape index (κ2) is 4.97. The monoisotopic (exact) mass is 233 g/mol. The molecule has 0 fully saturated rings.